The average molecular weight is 370 g/mol. The highest BCUT2D eigenvalue weighted by Crippen LogP contribution is 2.11. The monoisotopic (exact) mass is 370 g/mol. The molecule has 2 aromatic carbocycles. The van der Waals surface area contributed by atoms with Crippen LogP contribution in [0.15, 0.2) is 54.6 Å². The molecule has 7 nitrogen and oxygen atoms in total. The van der Waals surface area contributed by atoms with E-state index in [1.807, 2.05) is 13.0 Å². The third-order valence-electron chi connectivity index (χ3n) is 3.75. The van der Waals surface area contributed by atoms with Crippen molar-refractivity contribution < 1.29 is 24.2 Å². The van der Waals surface area contributed by atoms with Crippen LogP contribution in [-0.2, 0) is 16.0 Å². The summed E-state index contributed by atoms with van der Waals surface area (Å²) in [4.78, 5) is 35.5. The molecule has 0 aliphatic rings. The van der Waals surface area contributed by atoms with E-state index in [9.17, 15) is 19.5 Å². The van der Waals surface area contributed by atoms with E-state index in [2.05, 4.69) is 10.6 Å². The van der Waals surface area contributed by atoms with Crippen molar-refractivity contribution in [3.05, 3.63) is 65.7 Å². The summed E-state index contributed by atoms with van der Waals surface area (Å²) in [5, 5.41) is 14.2. The zero-order chi connectivity index (χ0) is 19.6. The SMILES string of the molecule is CCOc1ccc(C(=O)NCC(=O)N[C@@H](Cc2ccccc2)C(=O)O)cc1. The number of carbonyl (C=O) groups is 3. The van der Waals surface area contributed by atoms with Crippen LogP contribution in [0.1, 0.15) is 22.8 Å². The van der Waals surface area contributed by atoms with E-state index < -0.39 is 23.8 Å². The summed E-state index contributed by atoms with van der Waals surface area (Å²) in [6.07, 6.45) is 0.161. The number of carboxylic acid groups (broad SMARTS) is 1. The maximum absolute atomic E-state index is 12.1. The summed E-state index contributed by atoms with van der Waals surface area (Å²) in [5.74, 6) is -1.48. The van der Waals surface area contributed by atoms with Gasteiger partial charge in [-0.25, -0.2) is 4.79 Å². The highest BCUT2D eigenvalue weighted by Gasteiger charge is 2.20. The Morgan fingerprint density at radius 3 is 2.30 bits per heavy atom. The van der Waals surface area contributed by atoms with Gasteiger partial charge in [-0.3, -0.25) is 9.59 Å². The highest BCUT2D eigenvalue weighted by molar-refractivity contribution is 5.97. The first-order valence-electron chi connectivity index (χ1n) is 8.56. The fraction of sp³-hybridized carbons (Fsp3) is 0.250. The number of aliphatic carboxylic acids is 1. The lowest BCUT2D eigenvalue weighted by Crippen LogP contribution is -2.46. The van der Waals surface area contributed by atoms with Gasteiger partial charge < -0.3 is 20.5 Å². The van der Waals surface area contributed by atoms with E-state index >= 15 is 0 Å². The Kier molecular flexibility index (Phi) is 7.37. The predicted octanol–water partition coefficient (Wildman–Crippen LogP) is 1.63. The Hall–Kier alpha value is -3.35. The van der Waals surface area contributed by atoms with Gasteiger partial charge in [-0.15, -0.1) is 0 Å². The second kappa shape index (κ2) is 9.96. The number of nitrogens with one attached hydrogen (secondary N) is 2. The average Bonchev–Trinajstić information content (AvgIpc) is 2.67. The number of benzene rings is 2. The molecule has 27 heavy (non-hydrogen) atoms. The van der Waals surface area contributed by atoms with Crippen molar-refractivity contribution in [3.8, 4) is 5.75 Å². The Morgan fingerprint density at radius 1 is 1.04 bits per heavy atom. The maximum atomic E-state index is 12.1. The van der Waals surface area contributed by atoms with Gasteiger partial charge in [0.15, 0.2) is 0 Å². The molecule has 0 aromatic heterocycles. The van der Waals surface area contributed by atoms with Gasteiger partial charge in [0.2, 0.25) is 5.91 Å². The standard InChI is InChI=1S/C20H22N2O5/c1-2-27-16-10-8-15(9-11-16)19(24)21-13-18(23)22-17(20(25)26)12-14-6-4-3-5-7-14/h3-11,17H,2,12-13H2,1H3,(H,21,24)(H,22,23)(H,25,26)/t17-/m0/s1. The first-order valence-corrected chi connectivity index (χ1v) is 8.56. The lowest BCUT2D eigenvalue weighted by molar-refractivity contribution is -0.141. The Labute approximate surface area is 157 Å². The quantitative estimate of drug-likeness (QED) is 0.622. The molecule has 7 heteroatoms. The lowest BCUT2D eigenvalue weighted by Gasteiger charge is -2.15. The minimum absolute atomic E-state index is 0.161. The van der Waals surface area contributed by atoms with E-state index in [0.717, 1.165) is 5.56 Å². The van der Waals surface area contributed by atoms with Gasteiger partial charge in [-0.1, -0.05) is 30.3 Å². The van der Waals surface area contributed by atoms with E-state index in [1.54, 1.807) is 48.5 Å². The summed E-state index contributed by atoms with van der Waals surface area (Å²) < 4.78 is 5.30. The molecular formula is C20H22N2O5. The van der Waals surface area contributed by atoms with Gasteiger partial charge in [0.25, 0.3) is 5.91 Å². The summed E-state index contributed by atoms with van der Waals surface area (Å²) in [7, 11) is 0. The molecule has 142 valence electrons. The minimum Gasteiger partial charge on any atom is -0.494 e. The fourth-order valence-electron chi connectivity index (χ4n) is 2.43. The van der Waals surface area contributed by atoms with Gasteiger partial charge in [-0.2, -0.15) is 0 Å². The van der Waals surface area contributed by atoms with Crippen LogP contribution in [0.2, 0.25) is 0 Å². The molecule has 0 saturated heterocycles. The van der Waals surface area contributed by atoms with Gasteiger partial charge in [0.1, 0.15) is 11.8 Å². The molecule has 2 amide bonds. The van der Waals surface area contributed by atoms with E-state index in [4.69, 9.17) is 4.74 Å². The first kappa shape index (κ1) is 20.0. The predicted molar refractivity (Wildman–Crippen MR) is 99.7 cm³/mol. The summed E-state index contributed by atoms with van der Waals surface area (Å²) in [5.41, 5.74) is 1.17. The number of amides is 2. The Balaban J connectivity index is 1.86. The van der Waals surface area contributed by atoms with Crippen LogP contribution in [0.5, 0.6) is 5.75 Å². The molecule has 3 N–H and O–H groups in total. The van der Waals surface area contributed by atoms with Crippen LogP contribution in [0.3, 0.4) is 0 Å². The van der Waals surface area contributed by atoms with E-state index in [-0.39, 0.29) is 13.0 Å². The number of carbonyl (C=O) groups excluding carboxylic acids is 2. The van der Waals surface area contributed by atoms with Crippen molar-refractivity contribution in [1.29, 1.82) is 0 Å². The molecule has 0 heterocycles. The van der Waals surface area contributed by atoms with Gasteiger partial charge in [0, 0.05) is 12.0 Å². The molecule has 1 atom stereocenters. The Bertz CT molecular complexity index is 775. The molecule has 0 spiro atoms. The second-order valence-electron chi connectivity index (χ2n) is 5.79. The highest BCUT2D eigenvalue weighted by atomic mass is 16.5. The molecule has 0 aliphatic carbocycles. The number of rotatable bonds is 9. The number of hydrogen-bond acceptors (Lipinski definition) is 4. The molecule has 2 aromatic rings. The van der Waals surface area contributed by atoms with Crippen molar-refractivity contribution >= 4 is 17.8 Å². The number of carboxylic acids is 1. The zero-order valence-corrected chi connectivity index (χ0v) is 15.0. The molecule has 0 unspecified atom stereocenters. The second-order valence-corrected chi connectivity index (χ2v) is 5.79. The molecule has 2 rings (SSSR count). The van der Waals surface area contributed by atoms with Crippen molar-refractivity contribution in [1.82, 2.24) is 10.6 Å². The topological polar surface area (TPSA) is 105 Å². The van der Waals surface area contributed by atoms with Crippen LogP contribution < -0.4 is 15.4 Å². The zero-order valence-electron chi connectivity index (χ0n) is 15.0. The normalized spacial score (nSPS) is 11.3. The Morgan fingerprint density at radius 2 is 1.70 bits per heavy atom. The smallest absolute Gasteiger partial charge is 0.326 e. The molecule has 0 saturated carbocycles. The van der Waals surface area contributed by atoms with Gasteiger partial charge >= 0.3 is 5.97 Å². The molecule has 0 radical (unpaired) electrons. The van der Waals surface area contributed by atoms with E-state index in [1.165, 1.54) is 0 Å². The van der Waals surface area contributed by atoms with Crippen LogP contribution in [0.4, 0.5) is 0 Å². The van der Waals surface area contributed by atoms with E-state index in [0.29, 0.717) is 17.9 Å². The van der Waals surface area contributed by atoms with Crippen LogP contribution in [-0.4, -0.2) is 42.1 Å². The number of ether oxygens (including phenoxy) is 1. The molecule has 0 fully saturated rings. The maximum Gasteiger partial charge on any atom is 0.326 e. The first-order chi connectivity index (χ1) is 13.0. The van der Waals surface area contributed by atoms with Gasteiger partial charge in [-0.05, 0) is 36.8 Å². The van der Waals surface area contributed by atoms with Crippen LogP contribution >= 0.6 is 0 Å². The summed E-state index contributed by atoms with van der Waals surface area (Å²) >= 11 is 0. The fourth-order valence-corrected chi connectivity index (χ4v) is 2.43. The molecule has 0 aliphatic heterocycles. The van der Waals surface area contributed by atoms with Crippen molar-refractivity contribution in [3.63, 3.8) is 0 Å². The lowest BCUT2D eigenvalue weighted by atomic mass is 10.1. The van der Waals surface area contributed by atoms with Gasteiger partial charge in [0.05, 0.1) is 13.2 Å². The third-order valence-corrected chi connectivity index (χ3v) is 3.75. The number of hydrogen-bond donors (Lipinski definition) is 3. The minimum atomic E-state index is -1.13. The third kappa shape index (κ3) is 6.47. The van der Waals surface area contributed by atoms with Crippen molar-refractivity contribution in [2.75, 3.05) is 13.2 Å². The largest absolute Gasteiger partial charge is 0.494 e. The molecular weight excluding hydrogens is 348 g/mol. The van der Waals surface area contributed by atoms with Crippen LogP contribution in [0, 0.1) is 0 Å². The summed E-state index contributed by atoms with van der Waals surface area (Å²) in [6.45, 7) is 2.07. The van der Waals surface area contributed by atoms with Crippen LogP contribution in [0.25, 0.3) is 0 Å². The summed E-state index contributed by atoms with van der Waals surface area (Å²) in [6, 6.07) is 14.4. The van der Waals surface area contributed by atoms with Crippen molar-refractivity contribution in [2.24, 2.45) is 0 Å². The van der Waals surface area contributed by atoms with Crippen molar-refractivity contribution in [2.45, 2.75) is 19.4 Å². The molecule has 0 bridgehead atoms.